The second kappa shape index (κ2) is 15.3. The van der Waals surface area contributed by atoms with Gasteiger partial charge in [-0.15, -0.1) is 0 Å². The van der Waals surface area contributed by atoms with Crippen LogP contribution >= 0.6 is 0 Å². The molecule has 2 saturated heterocycles. The molecule has 49 heavy (non-hydrogen) atoms. The van der Waals surface area contributed by atoms with Gasteiger partial charge in [-0.05, 0) is 127 Å². The van der Waals surface area contributed by atoms with E-state index in [9.17, 15) is 9.18 Å². The van der Waals surface area contributed by atoms with Gasteiger partial charge in [0, 0.05) is 37.8 Å². The lowest BCUT2D eigenvalue weighted by molar-refractivity contribution is 0.0584. The molecule has 3 aromatic rings. The summed E-state index contributed by atoms with van der Waals surface area (Å²) in [7, 11) is 1.74. The molecule has 2 aromatic carbocycles. The predicted molar refractivity (Wildman–Crippen MR) is 192 cm³/mol. The van der Waals surface area contributed by atoms with Crippen LogP contribution in [0.25, 0.3) is 0 Å². The van der Waals surface area contributed by atoms with Crippen LogP contribution in [-0.4, -0.2) is 83.6 Å². The summed E-state index contributed by atoms with van der Waals surface area (Å²) in [5, 5.41) is 3.75. The number of carbonyl (C=O) groups excluding carboxylic acids is 1. The van der Waals surface area contributed by atoms with Crippen molar-refractivity contribution in [2.75, 3.05) is 50.1 Å². The van der Waals surface area contributed by atoms with Crippen LogP contribution in [-0.2, 0) is 0 Å². The second-order valence-corrected chi connectivity index (χ2v) is 14.9. The van der Waals surface area contributed by atoms with E-state index in [0.717, 1.165) is 50.6 Å². The monoisotopic (exact) mass is 672 g/mol. The molecule has 1 aromatic heterocycles. The Morgan fingerprint density at radius 2 is 1.71 bits per heavy atom. The van der Waals surface area contributed by atoms with Crippen molar-refractivity contribution in [3.05, 3.63) is 66.4 Å². The molecule has 264 valence electrons. The van der Waals surface area contributed by atoms with Crippen molar-refractivity contribution in [1.29, 1.82) is 0 Å². The van der Waals surface area contributed by atoms with Gasteiger partial charge in [0.2, 0.25) is 0 Å². The number of aromatic nitrogens is 2. The third-order valence-corrected chi connectivity index (χ3v) is 10.9. The summed E-state index contributed by atoms with van der Waals surface area (Å²) < 4.78 is 26.3. The molecular formula is C39H53FN6O3. The first kappa shape index (κ1) is 34.9. The van der Waals surface area contributed by atoms with Crippen molar-refractivity contribution < 1.29 is 18.7 Å². The lowest BCUT2D eigenvalue weighted by Gasteiger charge is -2.46. The molecule has 6 rings (SSSR count). The molecule has 1 spiro atoms. The van der Waals surface area contributed by atoms with E-state index in [1.165, 1.54) is 63.1 Å². The fraction of sp³-hybridized carbons (Fsp3) is 0.564. The van der Waals surface area contributed by atoms with E-state index in [1.54, 1.807) is 18.2 Å². The first-order valence-corrected chi connectivity index (χ1v) is 18.1. The van der Waals surface area contributed by atoms with Crippen LogP contribution in [0.5, 0.6) is 17.2 Å². The molecule has 1 amide bonds. The Morgan fingerprint density at radius 1 is 0.980 bits per heavy atom. The minimum absolute atomic E-state index is 0.0477. The van der Waals surface area contributed by atoms with Crippen molar-refractivity contribution in [2.24, 2.45) is 11.3 Å². The number of carbonyl (C=O) groups is 1. The van der Waals surface area contributed by atoms with Crippen LogP contribution < -0.4 is 19.7 Å². The molecule has 1 atom stereocenters. The molecule has 9 nitrogen and oxygen atoms in total. The van der Waals surface area contributed by atoms with Crippen LogP contribution in [0.3, 0.4) is 0 Å². The SMILES string of the molecule is COc1ccccc1NC1CCC2(CC1)CCN(C[C@@H]1CCN(c3ncncc3Oc3ccc(F)cc3C(=O)N(C(C)C)C(C)C)C1)CC2. The van der Waals surface area contributed by atoms with Crippen LogP contribution in [0.4, 0.5) is 15.9 Å². The van der Waals surface area contributed by atoms with Crippen molar-refractivity contribution in [2.45, 2.75) is 90.8 Å². The van der Waals surface area contributed by atoms with Gasteiger partial charge >= 0.3 is 0 Å². The van der Waals surface area contributed by atoms with Gasteiger partial charge in [-0.3, -0.25) is 4.79 Å². The van der Waals surface area contributed by atoms with Crippen molar-refractivity contribution in [3.8, 4) is 17.2 Å². The summed E-state index contributed by atoms with van der Waals surface area (Å²) in [5.41, 5.74) is 1.77. The number of anilines is 2. The highest BCUT2D eigenvalue weighted by atomic mass is 19.1. The molecular weight excluding hydrogens is 619 g/mol. The van der Waals surface area contributed by atoms with Crippen LogP contribution in [0, 0.1) is 17.2 Å². The number of nitrogens with one attached hydrogen (secondary N) is 1. The number of methoxy groups -OCH3 is 1. The Labute approximate surface area is 291 Å². The number of halogens is 1. The van der Waals surface area contributed by atoms with Gasteiger partial charge in [0.05, 0.1) is 24.6 Å². The van der Waals surface area contributed by atoms with Crippen molar-refractivity contribution in [3.63, 3.8) is 0 Å². The highest BCUT2D eigenvalue weighted by Gasteiger charge is 2.39. The standard InChI is InChI=1S/C39H53FN6O3/c1-27(2)46(28(3)4)38(47)32-22-30(40)10-11-34(32)49-36-23-41-26-42-37(36)45-19-14-29(25-45)24-44-20-17-39(18-21-44)15-12-31(13-16-39)43-33-8-6-7-9-35(33)48-5/h6-11,22-23,26-29,31,43H,12-21,24-25H2,1-5H3/t29-/m0/s1. The van der Waals surface area contributed by atoms with Gasteiger partial charge in [0.15, 0.2) is 11.6 Å². The maximum atomic E-state index is 14.4. The van der Waals surface area contributed by atoms with Gasteiger partial charge in [-0.2, -0.15) is 0 Å². The number of piperidine rings is 1. The van der Waals surface area contributed by atoms with Gasteiger partial charge in [-0.25, -0.2) is 14.4 Å². The zero-order valence-electron chi connectivity index (χ0n) is 29.8. The van der Waals surface area contributed by atoms with E-state index in [1.807, 2.05) is 39.8 Å². The highest BCUT2D eigenvalue weighted by molar-refractivity contribution is 5.97. The normalized spacial score (nSPS) is 19.8. The van der Waals surface area contributed by atoms with Gasteiger partial charge in [-0.1, -0.05) is 12.1 Å². The van der Waals surface area contributed by atoms with Crippen molar-refractivity contribution >= 4 is 17.4 Å². The number of rotatable bonds is 11. The van der Waals surface area contributed by atoms with E-state index in [2.05, 4.69) is 37.2 Å². The quantitative estimate of drug-likeness (QED) is 0.223. The summed E-state index contributed by atoms with van der Waals surface area (Å²) >= 11 is 0. The molecule has 1 saturated carbocycles. The van der Waals surface area contributed by atoms with Crippen molar-refractivity contribution in [1.82, 2.24) is 19.8 Å². The summed E-state index contributed by atoms with van der Waals surface area (Å²) in [4.78, 5) is 29.1. The predicted octanol–water partition coefficient (Wildman–Crippen LogP) is 7.64. The number of para-hydroxylation sites is 2. The zero-order valence-corrected chi connectivity index (χ0v) is 29.8. The first-order valence-electron chi connectivity index (χ1n) is 18.1. The largest absolute Gasteiger partial charge is 0.495 e. The molecule has 0 unspecified atom stereocenters. The Hall–Kier alpha value is -3.92. The zero-order chi connectivity index (χ0) is 34.5. The fourth-order valence-electron chi connectivity index (χ4n) is 8.31. The smallest absolute Gasteiger partial charge is 0.258 e. The second-order valence-electron chi connectivity index (χ2n) is 14.9. The third kappa shape index (κ3) is 8.11. The minimum atomic E-state index is -0.479. The molecule has 1 N–H and O–H groups in total. The van der Waals surface area contributed by atoms with E-state index in [4.69, 9.17) is 9.47 Å². The summed E-state index contributed by atoms with van der Waals surface area (Å²) in [6.07, 6.45) is 11.8. The summed E-state index contributed by atoms with van der Waals surface area (Å²) in [5.74, 6) is 2.19. The fourth-order valence-corrected chi connectivity index (χ4v) is 8.31. The van der Waals surface area contributed by atoms with Crippen LogP contribution in [0.15, 0.2) is 55.0 Å². The Kier molecular flexibility index (Phi) is 10.9. The van der Waals surface area contributed by atoms with E-state index in [-0.39, 0.29) is 23.6 Å². The van der Waals surface area contributed by atoms with E-state index < -0.39 is 5.82 Å². The number of ether oxygens (including phenoxy) is 2. The molecule has 2 aliphatic heterocycles. The van der Waals surface area contributed by atoms with Gasteiger partial charge in [0.25, 0.3) is 5.91 Å². The summed E-state index contributed by atoms with van der Waals surface area (Å²) in [6, 6.07) is 12.7. The molecule has 0 bridgehead atoms. The maximum Gasteiger partial charge on any atom is 0.258 e. The molecule has 3 fully saturated rings. The number of nitrogens with zero attached hydrogens (tertiary/aromatic N) is 5. The third-order valence-electron chi connectivity index (χ3n) is 10.9. The average molecular weight is 673 g/mol. The molecule has 10 heteroatoms. The lowest BCUT2D eigenvalue weighted by atomic mass is 9.67. The number of benzene rings is 2. The van der Waals surface area contributed by atoms with Crippen LogP contribution in [0.2, 0.25) is 0 Å². The van der Waals surface area contributed by atoms with E-state index in [0.29, 0.717) is 34.7 Å². The molecule has 3 aliphatic rings. The minimum Gasteiger partial charge on any atom is -0.495 e. The first-order chi connectivity index (χ1) is 23.6. The maximum absolute atomic E-state index is 14.4. The molecule has 3 heterocycles. The number of hydrogen-bond acceptors (Lipinski definition) is 8. The average Bonchev–Trinajstić information content (AvgIpc) is 3.56. The van der Waals surface area contributed by atoms with Crippen LogP contribution in [0.1, 0.15) is 83.0 Å². The Balaban J connectivity index is 1.03. The number of hydrogen-bond donors (Lipinski definition) is 1. The highest BCUT2D eigenvalue weighted by Crippen LogP contribution is 2.46. The van der Waals surface area contributed by atoms with Gasteiger partial charge in [0.1, 0.15) is 23.6 Å². The summed E-state index contributed by atoms with van der Waals surface area (Å²) in [6.45, 7) is 13.0. The number of likely N-dealkylation sites (tertiary alicyclic amines) is 1. The van der Waals surface area contributed by atoms with Gasteiger partial charge < -0.3 is 29.5 Å². The lowest BCUT2D eigenvalue weighted by Crippen LogP contribution is -2.45. The molecule has 0 radical (unpaired) electrons. The number of amides is 1. The molecule has 1 aliphatic carbocycles. The Morgan fingerprint density at radius 3 is 2.43 bits per heavy atom. The Bertz CT molecular complexity index is 1560. The van der Waals surface area contributed by atoms with E-state index >= 15 is 0 Å². The topological polar surface area (TPSA) is 83.1 Å².